The number of ether oxygens (including phenoxy) is 1. The van der Waals surface area contributed by atoms with E-state index < -0.39 is 5.60 Å². The highest BCUT2D eigenvalue weighted by Gasteiger charge is 2.56. The molecule has 24 heavy (non-hydrogen) atoms. The minimum absolute atomic E-state index is 0.340. The number of anilines is 1. The van der Waals surface area contributed by atoms with Gasteiger partial charge in [0, 0.05) is 18.7 Å². The Bertz CT molecular complexity index is 769. The van der Waals surface area contributed by atoms with Crippen LogP contribution in [0.1, 0.15) is 12.8 Å². The maximum absolute atomic E-state index is 12.5. The number of carbonyl (C=O) groups is 1. The van der Waals surface area contributed by atoms with Crippen LogP contribution in [0.2, 0.25) is 0 Å². The van der Waals surface area contributed by atoms with Gasteiger partial charge in [0.15, 0.2) is 0 Å². The highest BCUT2D eigenvalue weighted by molar-refractivity contribution is 5.88. The average Bonchev–Trinajstić information content (AvgIpc) is 3.22. The molecule has 1 atom stereocenters. The van der Waals surface area contributed by atoms with Crippen molar-refractivity contribution in [2.24, 2.45) is 5.92 Å². The van der Waals surface area contributed by atoms with E-state index >= 15 is 0 Å². The summed E-state index contributed by atoms with van der Waals surface area (Å²) in [4.78, 5) is 24.9. The van der Waals surface area contributed by atoms with Crippen molar-refractivity contribution in [3.05, 3.63) is 30.6 Å². The standard InChI is InChI=1S/C17H18N4O3/c22-16-21(11-17(24-16)10-20-7-4-12(17)5-8-20)14-9-19-15(23-14)13-3-1-2-6-18-13/h1-3,6,9,12H,4-5,7-8,10-11H2. The Labute approximate surface area is 139 Å². The molecule has 4 aliphatic heterocycles. The molecule has 0 radical (unpaired) electrons. The SMILES string of the molecule is O=C1OC2(CN3CCC2CC3)CN1c1cnc(-c2ccccn2)o1. The van der Waals surface area contributed by atoms with Gasteiger partial charge in [-0.05, 0) is 38.1 Å². The monoisotopic (exact) mass is 326 g/mol. The van der Waals surface area contributed by atoms with Crippen LogP contribution in [0, 0.1) is 5.92 Å². The largest absolute Gasteiger partial charge is 0.439 e. The van der Waals surface area contributed by atoms with Gasteiger partial charge in [-0.15, -0.1) is 0 Å². The zero-order chi connectivity index (χ0) is 16.1. The molecule has 0 aliphatic carbocycles. The maximum atomic E-state index is 12.5. The Kier molecular flexibility index (Phi) is 2.94. The number of amides is 1. The smallest absolute Gasteiger partial charge is 0.417 e. The Balaban J connectivity index is 1.42. The average molecular weight is 326 g/mol. The Morgan fingerprint density at radius 2 is 2.04 bits per heavy atom. The van der Waals surface area contributed by atoms with Crippen LogP contribution in [-0.4, -0.2) is 52.7 Å². The number of fused-ring (bicyclic) bond motifs is 2. The number of nitrogens with zero attached hydrogens (tertiary/aromatic N) is 4. The van der Waals surface area contributed by atoms with Gasteiger partial charge in [0.25, 0.3) is 0 Å². The summed E-state index contributed by atoms with van der Waals surface area (Å²) in [5.74, 6) is 1.27. The zero-order valence-corrected chi connectivity index (χ0v) is 13.2. The minimum atomic E-state index is -0.397. The van der Waals surface area contributed by atoms with E-state index in [1.165, 1.54) is 0 Å². The molecule has 2 bridgehead atoms. The van der Waals surface area contributed by atoms with Crippen molar-refractivity contribution >= 4 is 12.0 Å². The van der Waals surface area contributed by atoms with Crippen molar-refractivity contribution in [1.82, 2.24) is 14.9 Å². The van der Waals surface area contributed by atoms with Crippen molar-refractivity contribution in [3.8, 4) is 11.6 Å². The van der Waals surface area contributed by atoms with Gasteiger partial charge < -0.3 is 9.15 Å². The number of aromatic nitrogens is 2. The molecule has 0 N–H and O–H groups in total. The summed E-state index contributed by atoms with van der Waals surface area (Å²) in [5.41, 5.74) is 0.250. The van der Waals surface area contributed by atoms with Gasteiger partial charge >= 0.3 is 6.09 Å². The van der Waals surface area contributed by atoms with Crippen LogP contribution in [0.5, 0.6) is 0 Å². The highest BCUT2D eigenvalue weighted by Crippen LogP contribution is 2.43. The van der Waals surface area contributed by atoms with Gasteiger partial charge in [0.2, 0.25) is 11.8 Å². The minimum Gasteiger partial charge on any atom is -0.439 e. The van der Waals surface area contributed by atoms with Gasteiger partial charge in [-0.1, -0.05) is 6.07 Å². The summed E-state index contributed by atoms with van der Waals surface area (Å²) in [6, 6.07) is 5.54. The van der Waals surface area contributed by atoms with E-state index in [0.717, 1.165) is 32.5 Å². The van der Waals surface area contributed by atoms with E-state index in [2.05, 4.69) is 14.9 Å². The summed E-state index contributed by atoms with van der Waals surface area (Å²) in [6.45, 7) is 3.57. The molecule has 0 aromatic carbocycles. The Morgan fingerprint density at radius 1 is 1.17 bits per heavy atom. The van der Waals surface area contributed by atoms with Crippen molar-refractivity contribution in [2.75, 3.05) is 31.1 Å². The molecule has 6 heterocycles. The third-order valence-electron chi connectivity index (χ3n) is 5.40. The molecule has 7 nitrogen and oxygen atoms in total. The number of oxazole rings is 1. The zero-order valence-electron chi connectivity index (χ0n) is 13.2. The van der Waals surface area contributed by atoms with E-state index in [-0.39, 0.29) is 6.09 Å². The maximum Gasteiger partial charge on any atom is 0.417 e. The third kappa shape index (κ3) is 2.04. The number of hydrogen-bond donors (Lipinski definition) is 0. The van der Waals surface area contributed by atoms with Gasteiger partial charge in [0.05, 0.1) is 12.7 Å². The predicted molar refractivity (Wildman–Crippen MR) is 85.5 cm³/mol. The second-order valence-electron chi connectivity index (χ2n) is 6.79. The number of carbonyl (C=O) groups excluding carboxylic acids is 1. The molecule has 1 unspecified atom stereocenters. The molecule has 7 heteroatoms. The lowest BCUT2D eigenvalue weighted by atomic mass is 9.75. The van der Waals surface area contributed by atoms with Crippen LogP contribution in [0.15, 0.2) is 35.0 Å². The van der Waals surface area contributed by atoms with E-state index in [4.69, 9.17) is 9.15 Å². The van der Waals surface area contributed by atoms with Crippen LogP contribution in [0.3, 0.4) is 0 Å². The van der Waals surface area contributed by atoms with Gasteiger partial charge in [0.1, 0.15) is 11.3 Å². The van der Waals surface area contributed by atoms with E-state index in [1.54, 1.807) is 17.3 Å². The molecule has 0 saturated carbocycles. The molecule has 2 aromatic rings. The van der Waals surface area contributed by atoms with Crippen LogP contribution in [0.25, 0.3) is 11.6 Å². The van der Waals surface area contributed by atoms with Crippen LogP contribution < -0.4 is 4.90 Å². The van der Waals surface area contributed by atoms with Gasteiger partial charge in [-0.3, -0.25) is 9.88 Å². The first-order chi connectivity index (χ1) is 11.7. The fourth-order valence-electron chi connectivity index (χ4n) is 4.18. The van der Waals surface area contributed by atoms with Crippen LogP contribution >= 0.6 is 0 Å². The Hall–Kier alpha value is -2.41. The first-order valence-electron chi connectivity index (χ1n) is 8.34. The summed E-state index contributed by atoms with van der Waals surface area (Å²) in [7, 11) is 0. The summed E-state index contributed by atoms with van der Waals surface area (Å²) >= 11 is 0. The number of rotatable bonds is 2. The normalized spacial score (nSPS) is 31.7. The fourth-order valence-corrected chi connectivity index (χ4v) is 4.18. The van der Waals surface area contributed by atoms with Crippen molar-refractivity contribution in [3.63, 3.8) is 0 Å². The molecule has 4 saturated heterocycles. The predicted octanol–water partition coefficient (Wildman–Crippen LogP) is 2.16. The topological polar surface area (TPSA) is 71.7 Å². The number of pyridine rings is 1. The first-order valence-corrected chi connectivity index (χ1v) is 8.34. The molecular formula is C17H18N4O3. The molecule has 1 spiro atoms. The lowest BCUT2D eigenvalue weighted by Crippen LogP contribution is -2.61. The summed E-state index contributed by atoms with van der Waals surface area (Å²) in [6.07, 6.45) is 5.11. The van der Waals surface area contributed by atoms with Crippen molar-refractivity contribution in [2.45, 2.75) is 18.4 Å². The molecular weight excluding hydrogens is 308 g/mol. The van der Waals surface area contributed by atoms with Crippen molar-refractivity contribution < 1.29 is 13.9 Å². The molecule has 1 amide bonds. The highest BCUT2D eigenvalue weighted by atomic mass is 16.6. The van der Waals surface area contributed by atoms with Crippen LogP contribution in [0.4, 0.5) is 10.7 Å². The number of piperidine rings is 3. The van der Waals surface area contributed by atoms with Gasteiger partial charge in [-0.2, -0.15) is 0 Å². The Morgan fingerprint density at radius 3 is 2.75 bits per heavy atom. The van der Waals surface area contributed by atoms with E-state index in [9.17, 15) is 4.79 Å². The quantitative estimate of drug-likeness (QED) is 0.842. The van der Waals surface area contributed by atoms with Crippen molar-refractivity contribution in [1.29, 1.82) is 0 Å². The molecule has 124 valence electrons. The molecule has 4 fully saturated rings. The lowest BCUT2D eigenvalue weighted by Gasteiger charge is -2.49. The second-order valence-corrected chi connectivity index (χ2v) is 6.79. The molecule has 4 aliphatic rings. The summed E-state index contributed by atoms with van der Waals surface area (Å²) < 4.78 is 11.6. The van der Waals surface area contributed by atoms with E-state index in [0.29, 0.717) is 29.9 Å². The fraction of sp³-hybridized carbons (Fsp3) is 0.471. The van der Waals surface area contributed by atoms with Gasteiger partial charge in [-0.25, -0.2) is 14.7 Å². The van der Waals surface area contributed by atoms with Crippen LogP contribution in [-0.2, 0) is 4.74 Å². The molecule has 2 aromatic heterocycles. The molecule has 6 rings (SSSR count). The summed E-state index contributed by atoms with van der Waals surface area (Å²) in [5, 5.41) is 0. The third-order valence-corrected chi connectivity index (χ3v) is 5.40. The lowest BCUT2D eigenvalue weighted by molar-refractivity contribution is -0.0881. The van der Waals surface area contributed by atoms with E-state index in [1.807, 2.05) is 18.2 Å². The first kappa shape index (κ1) is 14.0. The second kappa shape index (κ2) is 5.04. The number of hydrogen-bond acceptors (Lipinski definition) is 6.